The fourth-order valence-corrected chi connectivity index (χ4v) is 2.88. The fourth-order valence-electron chi connectivity index (χ4n) is 2.88. The lowest BCUT2D eigenvalue weighted by atomic mass is 9.73. The summed E-state index contributed by atoms with van der Waals surface area (Å²) in [7, 11) is 0. The molecule has 0 heterocycles. The van der Waals surface area contributed by atoms with Gasteiger partial charge in [0, 0.05) is 5.92 Å². The molecule has 1 aromatic carbocycles. The van der Waals surface area contributed by atoms with Crippen LogP contribution in [0.2, 0.25) is 0 Å². The summed E-state index contributed by atoms with van der Waals surface area (Å²) in [6.45, 7) is 0.0846. The summed E-state index contributed by atoms with van der Waals surface area (Å²) in [5, 5.41) is 23.0. The first-order valence-electron chi connectivity index (χ1n) is 6.46. The second-order valence-corrected chi connectivity index (χ2v) is 5.12. The number of hydrogen-bond donors (Lipinski definition) is 2. The van der Waals surface area contributed by atoms with Crippen LogP contribution < -0.4 is 0 Å². The number of phenolic OH excluding ortho intramolecular Hbond substituents is 1. The number of phenols is 1. The Labute approximate surface area is 107 Å². The van der Waals surface area contributed by atoms with Gasteiger partial charge in [-0.1, -0.05) is 36.6 Å². The van der Waals surface area contributed by atoms with Crippen LogP contribution in [0.3, 0.4) is 0 Å². The van der Waals surface area contributed by atoms with Crippen molar-refractivity contribution in [3.8, 4) is 5.75 Å². The summed E-state index contributed by atoms with van der Waals surface area (Å²) in [5.74, 6) is -0.0805. The Kier molecular flexibility index (Phi) is 3.97. The van der Waals surface area contributed by atoms with E-state index < -0.39 is 5.60 Å². The summed E-state index contributed by atoms with van der Waals surface area (Å²) in [5.41, 5.74) is 0.0418. The summed E-state index contributed by atoms with van der Waals surface area (Å²) in [6, 6.07) is 6.69. The lowest BCUT2D eigenvalue weighted by Crippen LogP contribution is -2.39. The molecular formula is C14H19NO3. The van der Waals surface area contributed by atoms with Crippen molar-refractivity contribution in [3.63, 3.8) is 0 Å². The molecule has 0 aromatic heterocycles. The molecule has 0 amide bonds. The Hall–Kier alpha value is -1.42. The van der Waals surface area contributed by atoms with Crippen LogP contribution in [-0.4, -0.2) is 22.4 Å². The topological polar surface area (TPSA) is 69.9 Å². The predicted octanol–water partition coefficient (Wildman–Crippen LogP) is 2.94. The standard InChI is InChI=1S/C14H19NO3/c16-12-6-4-11(5-7-12)13(10-15-18)14(17)8-2-1-3-9-14/h4-7,13,16-17H,1-3,8-10H2/t13-/m1/s1. The van der Waals surface area contributed by atoms with Gasteiger partial charge in [-0.3, -0.25) is 0 Å². The number of nitroso groups, excluding NO2 is 1. The molecule has 18 heavy (non-hydrogen) atoms. The average molecular weight is 249 g/mol. The Morgan fingerprint density at radius 1 is 1.17 bits per heavy atom. The summed E-state index contributed by atoms with van der Waals surface area (Å²) >= 11 is 0. The molecule has 2 N–H and O–H groups in total. The van der Waals surface area contributed by atoms with Gasteiger partial charge in [0.15, 0.2) is 0 Å². The molecule has 0 saturated heterocycles. The number of aliphatic hydroxyl groups is 1. The van der Waals surface area contributed by atoms with Crippen LogP contribution in [0.15, 0.2) is 29.4 Å². The number of aromatic hydroxyl groups is 1. The van der Waals surface area contributed by atoms with Gasteiger partial charge in [-0.05, 0) is 30.5 Å². The van der Waals surface area contributed by atoms with Crippen molar-refractivity contribution >= 4 is 0 Å². The van der Waals surface area contributed by atoms with E-state index in [1.54, 1.807) is 24.3 Å². The molecule has 1 atom stereocenters. The zero-order chi connectivity index (χ0) is 13.0. The summed E-state index contributed by atoms with van der Waals surface area (Å²) in [4.78, 5) is 10.6. The highest BCUT2D eigenvalue weighted by molar-refractivity contribution is 5.30. The Balaban J connectivity index is 2.26. The molecule has 4 nitrogen and oxygen atoms in total. The van der Waals surface area contributed by atoms with E-state index in [0.717, 1.165) is 24.8 Å². The van der Waals surface area contributed by atoms with E-state index >= 15 is 0 Å². The van der Waals surface area contributed by atoms with E-state index in [1.165, 1.54) is 0 Å². The molecule has 98 valence electrons. The third-order valence-electron chi connectivity index (χ3n) is 3.92. The van der Waals surface area contributed by atoms with Gasteiger partial charge >= 0.3 is 0 Å². The maximum absolute atomic E-state index is 10.7. The van der Waals surface area contributed by atoms with Crippen LogP contribution in [0.1, 0.15) is 43.6 Å². The first-order chi connectivity index (χ1) is 8.65. The highest BCUT2D eigenvalue weighted by Crippen LogP contribution is 2.40. The smallest absolute Gasteiger partial charge is 0.115 e. The highest BCUT2D eigenvalue weighted by atomic mass is 16.3. The minimum absolute atomic E-state index is 0.0846. The molecule has 1 fully saturated rings. The van der Waals surface area contributed by atoms with E-state index in [0.29, 0.717) is 12.8 Å². The van der Waals surface area contributed by atoms with Crippen LogP contribution in [0.5, 0.6) is 5.75 Å². The van der Waals surface area contributed by atoms with Crippen molar-refractivity contribution in [2.45, 2.75) is 43.6 Å². The van der Waals surface area contributed by atoms with Crippen LogP contribution >= 0.6 is 0 Å². The maximum Gasteiger partial charge on any atom is 0.115 e. The van der Waals surface area contributed by atoms with Gasteiger partial charge in [0.25, 0.3) is 0 Å². The maximum atomic E-state index is 10.7. The Morgan fingerprint density at radius 2 is 1.78 bits per heavy atom. The lowest BCUT2D eigenvalue weighted by Gasteiger charge is -2.38. The molecule has 0 radical (unpaired) electrons. The molecule has 0 spiro atoms. The van der Waals surface area contributed by atoms with Gasteiger partial charge in [-0.2, -0.15) is 4.91 Å². The first-order valence-corrected chi connectivity index (χ1v) is 6.46. The third kappa shape index (κ3) is 2.70. The molecular weight excluding hydrogens is 230 g/mol. The molecule has 4 heteroatoms. The van der Waals surface area contributed by atoms with Gasteiger partial charge in [0.1, 0.15) is 5.75 Å². The average Bonchev–Trinajstić information content (AvgIpc) is 2.38. The van der Waals surface area contributed by atoms with Crippen molar-refractivity contribution in [2.75, 3.05) is 6.54 Å². The van der Waals surface area contributed by atoms with Crippen molar-refractivity contribution in [3.05, 3.63) is 34.7 Å². The molecule has 1 aliphatic carbocycles. The SMILES string of the molecule is O=NC[C@H](c1ccc(O)cc1)C1(O)CCCCC1. The van der Waals surface area contributed by atoms with Crippen LogP contribution in [0.4, 0.5) is 0 Å². The van der Waals surface area contributed by atoms with Crippen LogP contribution in [0, 0.1) is 4.91 Å². The van der Waals surface area contributed by atoms with E-state index in [4.69, 9.17) is 0 Å². The molecule has 2 rings (SSSR count). The van der Waals surface area contributed by atoms with Crippen molar-refractivity contribution in [1.29, 1.82) is 0 Å². The van der Waals surface area contributed by atoms with E-state index in [-0.39, 0.29) is 18.2 Å². The van der Waals surface area contributed by atoms with Gasteiger partial charge in [-0.25, -0.2) is 0 Å². The highest BCUT2D eigenvalue weighted by Gasteiger charge is 2.38. The largest absolute Gasteiger partial charge is 0.508 e. The van der Waals surface area contributed by atoms with Crippen molar-refractivity contribution < 1.29 is 10.2 Å². The number of benzene rings is 1. The second-order valence-electron chi connectivity index (χ2n) is 5.12. The third-order valence-corrected chi connectivity index (χ3v) is 3.92. The second kappa shape index (κ2) is 5.48. The Bertz CT molecular complexity index is 396. The van der Waals surface area contributed by atoms with Gasteiger partial charge in [-0.15, -0.1) is 0 Å². The molecule has 0 aliphatic heterocycles. The van der Waals surface area contributed by atoms with Gasteiger partial charge < -0.3 is 10.2 Å². The molecule has 1 saturated carbocycles. The zero-order valence-electron chi connectivity index (χ0n) is 10.4. The van der Waals surface area contributed by atoms with E-state index in [2.05, 4.69) is 5.18 Å². The minimum Gasteiger partial charge on any atom is -0.508 e. The normalized spacial score (nSPS) is 20.3. The van der Waals surface area contributed by atoms with Crippen LogP contribution in [-0.2, 0) is 0 Å². The van der Waals surface area contributed by atoms with E-state index in [1.807, 2.05) is 0 Å². The fraction of sp³-hybridized carbons (Fsp3) is 0.571. The van der Waals surface area contributed by atoms with Gasteiger partial charge in [0.05, 0.1) is 12.1 Å². The lowest BCUT2D eigenvalue weighted by molar-refractivity contribution is -0.0193. The molecule has 0 unspecified atom stereocenters. The molecule has 1 aliphatic rings. The summed E-state index contributed by atoms with van der Waals surface area (Å²) in [6.07, 6.45) is 4.55. The van der Waals surface area contributed by atoms with Crippen LogP contribution in [0.25, 0.3) is 0 Å². The van der Waals surface area contributed by atoms with Crippen molar-refractivity contribution in [1.82, 2.24) is 0 Å². The minimum atomic E-state index is -0.830. The Morgan fingerprint density at radius 3 is 2.33 bits per heavy atom. The van der Waals surface area contributed by atoms with Crippen molar-refractivity contribution in [2.24, 2.45) is 5.18 Å². The number of hydrogen-bond acceptors (Lipinski definition) is 4. The van der Waals surface area contributed by atoms with Gasteiger partial charge in [0.2, 0.25) is 0 Å². The zero-order valence-corrected chi connectivity index (χ0v) is 10.4. The van der Waals surface area contributed by atoms with E-state index in [9.17, 15) is 15.1 Å². The molecule has 0 bridgehead atoms. The number of nitrogens with zero attached hydrogens (tertiary/aromatic N) is 1. The molecule has 1 aromatic rings. The predicted molar refractivity (Wildman–Crippen MR) is 69.5 cm³/mol. The first kappa shape index (κ1) is 13.0. The number of rotatable bonds is 4. The quantitative estimate of drug-likeness (QED) is 0.806. The summed E-state index contributed by atoms with van der Waals surface area (Å²) < 4.78 is 0. The monoisotopic (exact) mass is 249 g/mol.